The second-order valence-electron chi connectivity index (χ2n) is 24.8. The van der Waals surface area contributed by atoms with Crippen LogP contribution in [0.5, 0.6) is 0 Å². The highest BCUT2D eigenvalue weighted by Gasteiger charge is 2.30. The van der Waals surface area contributed by atoms with Gasteiger partial charge in [-0.3, -0.25) is 38.4 Å². The first-order valence-electron chi connectivity index (χ1n) is 33.0. The van der Waals surface area contributed by atoms with E-state index in [0.717, 1.165) is 57.8 Å². The molecule has 8 heterocycles. The Hall–Kier alpha value is -10.2. The summed E-state index contributed by atoms with van der Waals surface area (Å²) in [5.74, 6) is -13.9. The lowest BCUT2D eigenvalue weighted by Gasteiger charge is -2.16. The molecule has 0 saturated carbocycles. The number of anilines is 4. The maximum Gasteiger partial charge on any atom is 0.270 e. The lowest BCUT2D eigenvalue weighted by atomic mass is 10.1. The van der Waals surface area contributed by atoms with Gasteiger partial charge in [-0.25, -0.2) is 63.8 Å². The van der Waals surface area contributed by atoms with Crippen molar-refractivity contribution in [2.75, 3.05) is 21.3 Å². The van der Waals surface area contributed by atoms with Gasteiger partial charge in [0.1, 0.15) is 49.9 Å². The van der Waals surface area contributed by atoms with Crippen molar-refractivity contribution in [2.45, 2.75) is 103 Å². The van der Waals surface area contributed by atoms with Crippen LogP contribution in [-0.2, 0) is 42.9 Å². The summed E-state index contributed by atoms with van der Waals surface area (Å²) in [5, 5.41) is 30.8. The number of alkyl halides is 8. The van der Waals surface area contributed by atoms with Crippen LogP contribution in [0.3, 0.4) is 0 Å². The number of nitrogens with zero attached hydrogens (tertiary/aromatic N) is 10. The second kappa shape index (κ2) is 36.8. The van der Waals surface area contributed by atoms with Gasteiger partial charge in [0, 0.05) is 120 Å². The predicted molar refractivity (Wildman–Crippen MR) is 425 cm³/mol. The Morgan fingerprint density at radius 2 is 0.699 bits per heavy atom. The van der Waals surface area contributed by atoms with E-state index >= 15 is 0 Å². The number of benzene rings is 4. The molecule has 113 heavy (non-hydrogen) atoms. The van der Waals surface area contributed by atoms with E-state index in [-0.39, 0.29) is 22.3 Å². The Labute approximate surface area is 677 Å². The van der Waals surface area contributed by atoms with Crippen molar-refractivity contribution >= 4 is 150 Å². The number of aromatic nitrogens is 10. The molecule has 0 spiro atoms. The molecule has 4 aromatic carbocycles. The van der Waals surface area contributed by atoms with Crippen molar-refractivity contribution in [3.05, 3.63) is 260 Å². The Morgan fingerprint density at radius 1 is 0.381 bits per heavy atom. The topological polar surface area (TPSA) is 282 Å². The number of thiazole rings is 2. The monoisotopic (exact) mass is 1730 g/mol. The lowest BCUT2D eigenvalue weighted by Crippen LogP contribution is -2.33. The summed E-state index contributed by atoms with van der Waals surface area (Å²) in [7, 11) is 0. The molecule has 0 saturated heterocycles. The molecule has 39 heteroatoms. The molecule has 4 unspecified atom stereocenters. The van der Waals surface area contributed by atoms with E-state index in [4.69, 9.17) is 58.0 Å². The van der Waals surface area contributed by atoms with Gasteiger partial charge in [0.05, 0.1) is 20.6 Å². The molecule has 0 aliphatic heterocycles. The van der Waals surface area contributed by atoms with Crippen LogP contribution in [0.1, 0.15) is 102 Å². The van der Waals surface area contributed by atoms with E-state index < -0.39 is 93.7 Å². The average molecular weight is 1730 g/mol. The number of carbonyl (C=O) groups is 4. The fourth-order valence-corrected chi connectivity index (χ4v) is 14.0. The predicted octanol–water partition coefficient (Wildman–Crippen LogP) is 19.2. The number of thiophene rings is 2. The fourth-order valence-electron chi connectivity index (χ4n) is 9.91. The molecule has 0 radical (unpaired) electrons. The van der Waals surface area contributed by atoms with Gasteiger partial charge in [-0.2, -0.15) is 20.4 Å². The van der Waals surface area contributed by atoms with E-state index in [1.54, 1.807) is 29.0 Å². The highest BCUT2D eigenvalue weighted by atomic mass is 35.5. The summed E-state index contributed by atoms with van der Waals surface area (Å²) in [4.78, 5) is 108. The minimum Gasteiger partial charge on any atom is -0.324 e. The summed E-state index contributed by atoms with van der Waals surface area (Å²) in [5.41, 5.74) is 2.30. The third-order valence-electron chi connectivity index (χ3n) is 16.2. The van der Waals surface area contributed by atoms with Crippen molar-refractivity contribution in [3.63, 3.8) is 0 Å². The van der Waals surface area contributed by atoms with E-state index in [2.05, 4.69) is 51.6 Å². The number of amides is 4. The number of hydrogen-bond donors (Lipinski definition) is 4. The molecule has 22 nitrogen and oxygen atoms in total. The Kier molecular flexibility index (Phi) is 28.2. The van der Waals surface area contributed by atoms with Crippen molar-refractivity contribution in [1.82, 2.24) is 49.1 Å². The van der Waals surface area contributed by atoms with Crippen LogP contribution in [0.2, 0.25) is 21.9 Å². The molecule has 0 aliphatic rings. The maximum atomic E-state index is 13.3. The van der Waals surface area contributed by atoms with Gasteiger partial charge in [0.15, 0.2) is 8.93 Å². The standard InChI is InChI=1S/C19H15Cl2F2N3O2S.C19H16ClF2N3O2S.2C18H15ClF2N4O2S/c1-10(18(28)24-12-5-3-11(4-6-12)19(2,22)23)26-16(27)8-7-14(25-26)13-9-15(20)29-17(13)21;1-11(18(27)23-13-5-3-12(4-6-13)19(2,21)22)25-16(26)8-7-15(24-25)14-9-10-28-17(14)20;1-10(16(27)22-12-5-3-11(4-6-12)18(2,20)21)25-15(26)8-7-13(24-25)14-9-28-17(19)23-14;1-10(16(27)23-12-5-3-11(4-6-12)18(2,20)21)25-15(26)8-7-13(24-25)14-9-22-17(19)28-14/h3-10H,1-2H3,(H,24,28);3-11H,1-2H3,(H,23,27);3-10H,1-2H3,(H,22,27);3-10H,1-2H3,(H,23,27). The van der Waals surface area contributed by atoms with Gasteiger partial charge < -0.3 is 21.3 Å². The van der Waals surface area contributed by atoms with Gasteiger partial charge in [0.25, 0.3) is 45.9 Å². The van der Waals surface area contributed by atoms with E-state index in [1.165, 1.54) is 207 Å². The van der Waals surface area contributed by atoms with Crippen LogP contribution in [-0.4, -0.2) is 72.7 Å². The third-order valence-corrected chi connectivity index (χ3v) is 21.0. The van der Waals surface area contributed by atoms with Crippen LogP contribution in [0.25, 0.3) is 44.5 Å². The van der Waals surface area contributed by atoms with Crippen LogP contribution < -0.4 is 43.5 Å². The largest absolute Gasteiger partial charge is 0.324 e. The fraction of sp³-hybridized carbons (Fsp3) is 0.216. The second-order valence-corrected chi connectivity index (χ2v) is 31.7. The number of nitrogens with one attached hydrogen (secondary N) is 4. The summed E-state index contributed by atoms with van der Waals surface area (Å²) in [6.07, 6.45) is 1.53. The van der Waals surface area contributed by atoms with Gasteiger partial charge in [-0.1, -0.05) is 107 Å². The molecule has 4 N–H and O–H groups in total. The molecule has 4 atom stereocenters. The molecule has 4 amide bonds. The van der Waals surface area contributed by atoms with Crippen molar-refractivity contribution < 1.29 is 54.3 Å². The molecule has 12 aromatic rings. The van der Waals surface area contributed by atoms with Crippen LogP contribution >= 0.6 is 103 Å². The number of halogens is 13. The lowest BCUT2D eigenvalue weighted by molar-refractivity contribution is -0.119. The molecule has 12 rings (SSSR count). The summed E-state index contributed by atoms with van der Waals surface area (Å²) in [6.45, 7) is 9.24. The third kappa shape index (κ3) is 23.0. The van der Waals surface area contributed by atoms with Gasteiger partial charge in [0.2, 0.25) is 23.6 Å². The number of rotatable bonds is 20. The van der Waals surface area contributed by atoms with E-state index in [0.29, 0.717) is 89.2 Å². The molecule has 0 bridgehead atoms. The Balaban J connectivity index is 0.000000173. The normalized spacial score (nSPS) is 12.6. The minimum absolute atomic E-state index is 0.156. The van der Waals surface area contributed by atoms with Crippen molar-refractivity contribution in [2.24, 2.45) is 0 Å². The number of hydrogen-bond acceptors (Lipinski definition) is 18. The van der Waals surface area contributed by atoms with Gasteiger partial charge in [-0.05, 0) is 118 Å². The van der Waals surface area contributed by atoms with Gasteiger partial charge >= 0.3 is 0 Å². The summed E-state index contributed by atoms with van der Waals surface area (Å²) in [6, 6.07) is 31.8. The minimum atomic E-state index is -2.97. The van der Waals surface area contributed by atoms with Crippen LogP contribution in [0, 0.1) is 0 Å². The molecular formula is C74H61Cl5F8N14O8S4. The number of carbonyl (C=O) groups excluding carboxylic acids is 4. The van der Waals surface area contributed by atoms with E-state index in [9.17, 15) is 73.5 Å². The first-order chi connectivity index (χ1) is 53.0. The average Bonchev–Trinajstić information content (AvgIpc) is 1.81. The maximum absolute atomic E-state index is 13.3. The highest BCUT2D eigenvalue weighted by Crippen LogP contribution is 2.39. The zero-order valence-corrected chi connectivity index (χ0v) is 66.9. The van der Waals surface area contributed by atoms with Crippen LogP contribution in [0.4, 0.5) is 57.9 Å². The molecule has 0 aliphatic carbocycles. The van der Waals surface area contributed by atoms with Crippen molar-refractivity contribution in [1.29, 1.82) is 0 Å². The first-order valence-corrected chi connectivity index (χ1v) is 38.3. The zero-order valence-electron chi connectivity index (χ0n) is 59.8. The first kappa shape index (κ1) is 86.8. The van der Waals surface area contributed by atoms with Crippen molar-refractivity contribution in [3.8, 4) is 44.5 Å². The van der Waals surface area contributed by atoms with Crippen LogP contribution in [0.15, 0.2) is 194 Å². The quantitative estimate of drug-likeness (QED) is 0.0517. The summed E-state index contributed by atoms with van der Waals surface area (Å²) >= 11 is 34.8. The molecule has 0 fully saturated rings. The Bertz CT molecular complexity index is 5500. The molecule has 8 aromatic heterocycles. The summed E-state index contributed by atoms with van der Waals surface area (Å²) < 4.78 is 113. The molecular weight excluding hydrogens is 1670 g/mol. The van der Waals surface area contributed by atoms with Gasteiger partial charge in [-0.15, -0.1) is 45.3 Å². The highest BCUT2D eigenvalue weighted by molar-refractivity contribution is 7.20. The van der Waals surface area contributed by atoms with E-state index in [1.807, 2.05) is 0 Å². The SMILES string of the molecule is CC(C(=O)Nc1ccc(C(C)(F)F)cc1)n1nc(-c2cc(Cl)sc2Cl)ccc1=O.CC(C(=O)Nc1ccc(C(C)(F)F)cc1)n1nc(-c2ccsc2Cl)ccc1=O.CC(C(=O)Nc1ccc(C(C)(F)F)cc1)n1nc(-c2cnc(Cl)s2)ccc1=O.CC(C(=O)Nc1ccc(C(C)(F)F)cc1)n1nc(-c2csc(Cl)n2)ccc1=O. The molecule has 590 valence electrons. The smallest absolute Gasteiger partial charge is 0.270 e. The zero-order chi connectivity index (χ0) is 82.8. The Morgan fingerprint density at radius 3 is 0.982 bits per heavy atom.